The van der Waals surface area contributed by atoms with Crippen molar-refractivity contribution in [2.75, 3.05) is 39.3 Å². The highest BCUT2D eigenvalue weighted by Crippen LogP contribution is 2.18. The highest BCUT2D eigenvalue weighted by molar-refractivity contribution is 14.0. The third kappa shape index (κ3) is 9.49. The molecule has 0 bridgehead atoms. The Morgan fingerprint density at radius 2 is 1.93 bits per heavy atom. The van der Waals surface area contributed by atoms with Crippen LogP contribution in [0.15, 0.2) is 29.3 Å². The number of hydrogen-bond acceptors (Lipinski definition) is 4. The van der Waals surface area contributed by atoms with Gasteiger partial charge in [-0.25, -0.2) is 0 Å². The van der Waals surface area contributed by atoms with Gasteiger partial charge in [-0.2, -0.15) is 0 Å². The number of benzene rings is 1. The zero-order chi connectivity index (χ0) is 21.1. The molecule has 0 aliphatic carbocycles. The van der Waals surface area contributed by atoms with E-state index in [9.17, 15) is 5.11 Å². The van der Waals surface area contributed by atoms with Crippen molar-refractivity contribution in [1.29, 1.82) is 0 Å². The normalized spacial score (nSPS) is 16.5. The molecule has 172 valence electrons. The summed E-state index contributed by atoms with van der Waals surface area (Å²) in [4.78, 5) is 6.91. The van der Waals surface area contributed by atoms with Crippen molar-refractivity contribution in [1.82, 2.24) is 15.5 Å². The first-order valence-electron chi connectivity index (χ1n) is 11.1. The quantitative estimate of drug-likeness (QED) is 0.232. The smallest absolute Gasteiger partial charge is 0.191 e. The van der Waals surface area contributed by atoms with E-state index in [0.717, 1.165) is 51.6 Å². The second-order valence-corrected chi connectivity index (χ2v) is 8.08. The molecule has 0 fully saturated rings. The molecule has 1 heterocycles. The predicted molar refractivity (Wildman–Crippen MR) is 136 cm³/mol. The molecule has 0 saturated heterocycles. The van der Waals surface area contributed by atoms with Crippen molar-refractivity contribution in [3.8, 4) is 0 Å². The van der Waals surface area contributed by atoms with Crippen molar-refractivity contribution in [3.63, 3.8) is 0 Å². The van der Waals surface area contributed by atoms with Crippen LogP contribution in [0, 0.1) is 5.92 Å². The average molecular weight is 533 g/mol. The molecule has 2 atom stereocenters. The lowest BCUT2D eigenvalue weighted by molar-refractivity contribution is 0.0258. The number of β-amino-alcohol motifs (C(OH)–C–C–N with tert-alkyl or cyclic N) is 1. The third-order valence-corrected chi connectivity index (χ3v) is 5.33. The first-order chi connectivity index (χ1) is 14.0. The summed E-state index contributed by atoms with van der Waals surface area (Å²) in [5, 5.41) is 17.1. The van der Waals surface area contributed by atoms with E-state index in [1.807, 2.05) is 6.92 Å². The lowest BCUT2D eigenvalue weighted by Gasteiger charge is -2.30. The molecule has 0 aromatic heterocycles. The first-order valence-corrected chi connectivity index (χ1v) is 11.1. The zero-order valence-electron chi connectivity index (χ0n) is 19.1. The molecule has 0 amide bonds. The summed E-state index contributed by atoms with van der Waals surface area (Å²) in [6.45, 7) is 13.7. The van der Waals surface area contributed by atoms with Gasteiger partial charge in [0, 0.05) is 39.3 Å². The van der Waals surface area contributed by atoms with Gasteiger partial charge in [-0.15, -0.1) is 24.0 Å². The summed E-state index contributed by atoms with van der Waals surface area (Å²) in [6.07, 6.45) is 1.77. The number of halogens is 1. The number of ether oxygens (including phenoxy) is 1. The van der Waals surface area contributed by atoms with Crippen LogP contribution in [-0.2, 0) is 17.7 Å². The van der Waals surface area contributed by atoms with Crippen molar-refractivity contribution in [2.24, 2.45) is 10.9 Å². The fraction of sp³-hybridized carbons (Fsp3) is 0.696. The van der Waals surface area contributed by atoms with E-state index in [1.54, 1.807) is 0 Å². The standard InChI is InChI=1S/C23H40N4O2.HI/c1-5-24-23(25-13-11-22(18(3)4)29-6-2)26-15-21(28)17-27-14-12-19-9-7-8-10-20(19)16-27;/h7-10,18,21-22,28H,5-6,11-17H2,1-4H3,(H2,24,25,26);1H. The number of fused-ring (bicyclic) bond motifs is 1. The maximum Gasteiger partial charge on any atom is 0.191 e. The van der Waals surface area contributed by atoms with Crippen LogP contribution in [0.4, 0.5) is 0 Å². The van der Waals surface area contributed by atoms with E-state index in [2.05, 4.69) is 65.6 Å². The number of nitrogens with one attached hydrogen (secondary N) is 2. The Labute approximate surface area is 199 Å². The lowest BCUT2D eigenvalue weighted by Crippen LogP contribution is -2.41. The molecule has 6 nitrogen and oxygen atoms in total. The Morgan fingerprint density at radius 3 is 2.60 bits per heavy atom. The third-order valence-electron chi connectivity index (χ3n) is 5.33. The van der Waals surface area contributed by atoms with Crippen molar-refractivity contribution in [2.45, 2.75) is 59.3 Å². The maximum atomic E-state index is 10.5. The number of aliphatic hydroxyl groups excluding tert-OH is 1. The number of rotatable bonds is 11. The van der Waals surface area contributed by atoms with Gasteiger partial charge in [0.05, 0.1) is 18.8 Å². The molecule has 1 aliphatic rings. The van der Waals surface area contributed by atoms with E-state index < -0.39 is 6.10 Å². The fourth-order valence-corrected chi connectivity index (χ4v) is 3.76. The van der Waals surface area contributed by atoms with Gasteiger partial charge in [-0.05, 0) is 43.7 Å². The number of aliphatic hydroxyl groups is 1. The van der Waals surface area contributed by atoms with Gasteiger partial charge in [0.2, 0.25) is 0 Å². The van der Waals surface area contributed by atoms with Gasteiger partial charge in [0.25, 0.3) is 0 Å². The summed E-state index contributed by atoms with van der Waals surface area (Å²) in [5.41, 5.74) is 2.81. The van der Waals surface area contributed by atoms with Crippen LogP contribution in [0.3, 0.4) is 0 Å². The fourth-order valence-electron chi connectivity index (χ4n) is 3.76. The van der Waals surface area contributed by atoms with E-state index in [1.165, 1.54) is 11.1 Å². The number of guanidine groups is 1. The van der Waals surface area contributed by atoms with E-state index in [4.69, 9.17) is 4.74 Å². The molecule has 7 heteroatoms. The molecular formula is C23H41IN4O2. The molecule has 1 aromatic rings. The monoisotopic (exact) mass is 532 g/mol. The Morgan fingerprint density at radius 1 is 1.20 bits per heavy atom. The van der Waals surface area contributed by atoms with Crippen LogP contribution in [-0.4, -0.2) is 67.5 Å². The second kappa shape index (κ2) is 15.0. The van der Waals surface area contributed by atoms with Crippen LogP contribution in [0.25, 0.3) is 0 Å². The van der Waals surface area contributed by atoms with Crippen molar-refractivity contribution < 1.29 is 9.84 Å². The van der Waals surface area contributed by atoms with E-state index >= 15 is 0 Å². The van der Waals surface area contributed by atoms with Crippen LogP contribution >= 0.6 is 24.0 Å². The highest BCUT2D eigenvalue weighted by atomic mass is 127. The van der Waals surface area contributed by atoms with Crippen molar-refractivity contribution >= 4 is 29.9 Å². The van der Waals surface area contributed by atoms with Crippen LogP contribution in [0.1, 0.15) is 45.2 Å². The molecule has 2 unspecified atom stereocenters. The maximum absolute atomic E-state index is 10.5. The minimum atomic E-state index is -0.470. The first kappa shape index (κ1) is 27.1. The zero-order valence-corrected chi connectivity index (χ0v) is 21.4. The summed E-state index contributed by atoms with van der Waals surface area (Å²) < 4.78 is 5.81. The Bertz CT molecular complexity index is 627. The van der Waals surface area contributed by atoms with Crippen LogP contribution < -0.4 is 10.6 Å². The number of nitrogens with zero attached hydrogens (tertiary/aromatic N) is 2. The average Bonchev–Trinajstić information content (AvgIpc) is 2.71. The van der Waals surface area contributed by atoms with Gasteiger partial charge in [-0.1, -0.05) is 38.1 Å². The second-order valence-electron chi connectivity index (χ2n) is 8.08. The Kier molecular flexibility index (Phi) is 13.6. The van der Waals surface area contributed by atoms with Crippen LogP contribution in [0.5, 0.6) is 0 Å². The number of hydrogen-bond donors (Lipinski definition) is 3. The molecule has 2 rings (SSSR count). The molecule has 0 radical (unpaired) electrons. The van der Waals surface area contributed by atoms with Gasteiger partial charge in [-0.3, -0.25) is 9.89 Å². The SMILES string of the molecule is CCNC(=NCC(O)CN1CCc2ccccc2C1)NCCC(OCC)C(C)C.I. The Balaban J connectivity index is 0.00000450. The molecule has 1 aromatic carbocycles. The largest absolute Gasteiger partial charge is 0.390 e. The highest BCUT2D eigenvalue weighted by Gasteiger charge is 2.18. The summed E-state index contributed by atoms with van der Waals surface area (Å²) >= 11 is 0. The van der Waals surface area contributed by atoms with E-state index in [-0.39, 0.29) is 30.1 Å². The topological polar surface area (TPSA) is 69.1 Å². The molecule has 1 aliphatic heterocycles. The Hall–Kier alpha value is -0.900. The summed E-state index contributed by atoms with van der Waals surface area (Å²) in [7, 11) is 0. The minimum Gasteiger partial charge on any atom is -0.390 e. The van der Waals surface area contributed by atoms with Gasteiger partial charge in [0.1, 0.15) is 0 Å². The number of aliphatic imine (C=N–C) groups is 1. The summed E-state index contributed by atoms with van der Waals surface area (Å²) in [5.74, 6) is 1.25. The molecule has 3 N–H and O–H groups in total. The predicted octanol–water partition coefficient (Wildman–Crippen LogP) is 3.03. The van der Waals surface area contributed by atoms with Gasteiger partial charge < -0.3 is 20.5 Å². The molecular weight excluding hydrogens is 491 g/mol. The lowest BCUT2D eigenvalue weighted by atomic mass is 10.00. The molecule has 30 heavy (non-hydrogen) atoms. The minimum absolute atomic E-state index is 0. The summed E-state index contributed by atoms with van der Waals surface area (Å²) in [6, 6.07) is 8.58. The molecule has 0 spiro atoms. The van der Waals surface area contributed by atoms with E-state index in [0.29, 0.717) is 19.0 Å². The van der Waals surface area contributed by atoms with Crippen LogP contribution in [0.2, 0.25) is 0 Å². The molecule has 0 saturated carbocycles. The van der Waals surface area contributed by atoms with Gasteiger partial charge in [0.15, 0.2) is 5.96 Å². The van der Waals surface area contributed by atoms with Gasteiger partial charge >= 0.3 is 0 Å². The van der Waals surface area contributed by atoms with Crippen molar-refractivity contribution in [3.05, 3.63) is 35.4 Å².